The van der Waals surface area contributed by atoms with E-state index in [4.69, 9.17) is 9.47 Å². The van der Waals surface area contributed by atoms with Crippen LogP contribution in [0.4, 0.5) is 0 Å². The SMILES string of the molecule is c1ccc(CCO[C@@H]2OCCN[C@H]2c2ccccc2)cc1. The topological polar surface area (TPSA) is 30.5 Å². The average molecular weight is 283 g/mol. The molecule has 0 aliphatic carbocycles. The van der Waals surface area contributed by atoms with Gasteiger partial charge in [0.15, 0.2) is 6.29 Å². The Morgan fingerprint density at radius 3 is 2.48 bits per heavy atom. The summed E-state index contributed by atoms with van der Waals surface area (Å²) in [5.74, 6) is 0. The van der Waals surface area contributed by atoms with Crippen molar-refractivity contribution in [3.8, 4) is 0 Å². The van der Waals surface area contributed by atoms with Crippen molar-refractivity contribution < 1.29 is 9.47 Å². The van der Waals surface area contributed by atoms with Gasteiger partial charge < -0.3 is 14.8 Å². The van der Waals surface area contributed by atoms with Crippen LogP contribution in [0.25, 0.3) is 0 Å². The second-order valence-electron chi connectivity index (χ2n) is 5.19. The fraction of sp³-hybridized carbons (Fsp3) is 0.333. The predicted octanol–water partition coefficient (Wildman–Crippen LogP) is 2.93. The van der Waals surface area contributed by atoms with E-state index in [1.807, 2.05) is 24.3 Å². The van der Waals surface area contributed by atoms with E-state index in [0.717, 1.165) is 13.0 Å². The number of hydrogen-bond acceptors (Lipinski definition) is 3. The molecule has 110 valence electrons. The van der Waals surface area contributed by atoms with E-state index < -0.39 is 0 Å². The van der Waals surface area contributed by atoms with Gasteiger partial charge in [0.25, 0.3) is 0 Å². The lowest BCUT2D eigenvalue weighted by Crippen LogP contribution is -2.43. The summed E-state index contributed by atoms with van der Waals surface area (Å²) >= 11 is 0. The molecule has 0 aromatic heterocycles. The van der Waals surface area contributed by atoms with Crippen LogP contribution in [0, 0.1) is 0 Å². The third-order valence-electron chi connectivity index (χ3n) is 3.69. The van der Waals surface area contributed by atoms with Gasteiger partial charge in [-0.15, -0.1) is 0 Å². The molecule has 1 aliphatic rings. The van der Waals surface area contributed by atoms with Crippen molar-refractivity contribution in [3.05, 3.63) is 71.8 Å². The molecule has 21 heavy (non-hydrogen) atoms. The highest BCUT2D eigenvalue weighted by Gasteiger charge is 2.27. The molecule has 3 rings (SSSR count). The first-order valence-corrected chi connectivity index (χ1v) is 7.49. The summed E-state index contributed by atoms with van der Waals surface area (Å²) in [6.45, 7) is 2.22. The summed E-state index contributed by atoms with van der Waals surface area (Å²) in [5.41, 5.74) is 2.50. The van der Waals surface area contributed by atoms with E-state index in [1.54, 1.807) is 0 Å². The first-order chi connectivity index (χ1) is 10.4. The smallest absolute Gasteiger partial charge is 0.176 e. The van der Waals surface area contributed by atoms with Crippen molar-refractivity contribution in [2.45, 2.75) is 18.8 Å². The molecule has 1 heterocycles. The Balaban J connectivity index is 1.57. The van der Waals surface area contributed by atoms with Crippen LogP contribution in [-0.2, 0) is 15.9 Å². The monoisotopic (exact) mass is 283 g/mol. The first-order valence-electron chi connectivity index (χ1n) is 7.49. The first kappa shape index (κ1) is 14.3. The standard InChI is InChI=1S/C18H21NO2/c1-3-7-15(8-4-1)11-13-20-18-17(19-12-14-21-18)16-9-5-2-6-10-16/h1-10,17-19H,11-14H2/t17-,18+/m0/s1. The van der Waals surface area contributed by atoms with Gasteiger partial charge in [0, 0.05) is 6.54 Å². The van der Waals surface area contributed by atoms with E-state index in [-0.39, 0.29) is 12.3 Å². The van der Waals surface area contributed by atoms with Crippen molar-refractivity contribution in [2.24, 2.45) is 0 Å². The third-order valence-corrected chi connectivity index (χ3v) is 3.69. The molecule has 1 N–H and O–H groups in total. The van der Waals surface area contributed by atoms with Gasteiger partial charge in [-0.2, -0.15) is 0 Å². The normalized spacial score (nSPS) is 22.1. The maximum atomic E-state index is 5.97. The second kappa shape index (κ2) is 7.36. The fourth-order valence-electron chi connectivity index (χ4n) is 2.60. The molecule has 2 aromatic carbocycles. The number of rotatable bonds is 5. The zero-order valence-corrected chi connectivity index (χ0v) is 12.1. The molecule has 2 atom stereocenters. The minimum absolute atomic E-state index is 0.107. The zero-order chi connectivity index (χ0) is 14.3. The lowest BCUT2D eigenvalue weighted by atomic mass is 10.1. The number of ether oxygens (including phenoxy) is 2. The van der Waals surface area contributed by atoms with E-state index in [9.17, 15) is 0 Å². The van der Waals surface area contributed by atoms with Gasteiger partial charge in [-0.3, -0.25) is 0 Å². The fourth-order valence-corrected chi connectivity index (χ4v) is 2.60. The highest BCUT2D eigenvalue weighted by Crippen LogP contribution is 2.22. The molecule has 0 radical (unpaired) electrons. The Bertz CT molecular complexity index is 529. The molecule has 3 heteroatoms. The molecular formula is C18H21NO2. The number of benzene rings is 2. The molecule has 2 aromatic rings. The molecule has 0 saturated carbocycles. The molecule has 1 aliphatic heterocycles. The highest BCUT2D eigenvalue weighted by molar-refractivity contribution is 5.20. The molecule has 0 amide bonds. The van der Waals surface area contributed by atoms with Crippen LogP contribution in [0.3, 0.4) is 0 Å². The van der Waals surface area contributed by atoms with Crippen molar-refractivity contribution in [1.82, 2.24) is 5.32 Å². The maximum absolute atomic E-state index is 5.97. The van der Waals surface area contributed by atoms with Crippen molar-refractivity contribution in [3.63, 3.8) is 0 Å². The van der Waals surface area contributed by atoms with Crippen molar-refractivity contribution in [1.29, 1.82) is 0 Å². The summed E-state index contributed by atoms with van der Waals surface area (Å²) in [6, 6.07) is 20.8. The van der Waals surface area contributed by atoms with Crippen LogP contribution in [0.15, 0.2) is 60.7 Å². The van der Waals surface area contributed by atoms with Gasteiger partial charge in [-0.25, -0.2) is 0 Å². The van der Waals surface area contributed by atoms with Crippen LogP contribution >= 0.6 is 0 Å². The summed E-state index contributed by atoms with van der Waals surface area (Å²) in [7, 11) is 0. The number of hydrogen-bond donors (Lipinski definition) is 1. The highest BCUT2D eigenvalue weighted by atomic mass is 16.7. The molecule has 0 unspecified atom stereocenters. The Kier molecular flexibility index (Phi) is 5.00. The molecule has 0 spiro atoms. The quantitative estimate of drug-likeness (QED) is 0.915. The molecule has 3 nitrogen and oxygen atoms in total. The summed E-state index contributed by atoms with van der Waals surface area (Å²) in [4.78, 5) is 0. The summed E-state index contributed by atoms with van der Waals surface area (Å²) in [6.07, 6.45) is 0.687. The predicted molar refractivity (Wildman–Crippen MR) is 83.0 cm³/mol. The second-order valence-corrected chi connectivity index (χ2v) is 5.19. The molecular weight excluding hydrogens is 262 g/mol. The number of morpholine rings is 1. The Hall–Kier alpha value is -1.68. The van der Waals surface area contributed by atoms with Gasteiger partial charge in [-0.05, 0) is 17.5 Å². The van der Waals surface area contributed by atoms with Crippen LogP contribution in [0.5, 0.6) is 0 Å². The van der Waals surface area contributed by atoms with Crippen LogP contribution in [0.2, 0.25) is 0 Å². The van der Waals surface area contributed by atoms with Crippen LogP contribution < -0.4 is 5.32 Å². The van der Waals surface area contributed by atoms with Gasteiger partial charge in [0.05, 0.1) is 19.3 Å². The van der Waals surface area contributed by atoms with E-state index in [1.165, 1.54) is 11.1 Å². The third kappa shape index (κ3) is 3.91. The Morgan fingerprint density at radius 1 is 1.00 bits per heavy atom. The minimum Gasteiger partial charge on any atom is -0.350 e. The summed E-state index contributed by atoms with van der Waals surface area (Å²) in [5, 5.41) is 3.48. The minimum atomic E-state index is -0.218. The lowest BCUT2D eigenvalue weighted by molar-refractivity contribution is -0.176. The van der Waals surface area contributed by atoms with E-state index in [0.29, 0.717) is 13.2 Å². The average Bonchev–Trinajstić information content (AvgIpc) is 2.57. The molecule has 1 saturated heterocycles. The van der Waals surface area contributed by atoms with Crippen molar-refractivity contribution in [2.75, 3.05) is 19.8 Å². The Labute approximate surface area is 125 Å². The van der Waals surface area contributed by atoms with Gasteiger partial charge >= 0.3 is 0 Å². The van der Waals surface area contributed by atoms with Crippen LogP contribution in [0.1, 0.15) is 17.2 Å². The largest absolute Gasteiger partial charge is 0.350 e. The van der Waals surface area contributed by atoms with Gasteiger partial charge in [0.1, 0.15) is 0 Å². The summed E-state index contributed by atoms with van der Waals surface area (Å²) < 4.78 is 11.8. The zero-order valence-electron chi connectivity index (χ0n) is 12.1. The maximum Gasteiger partial charge on any atom is 0.176 e. The van der Waals surface area contributed by atoms with Crippen molar-refractivity contribution >= 4 is 0 Å². The lowest BCUT2D eigenvalue weighted by Gasteiger charge is -2.32. The van der Waals surface area contributed by atoms with Gasteiger partial charge in [-0.1, -0.05) is 60.7 Å². The molecule has 0 bridgehead atoms. The van der Waals surface area contributed by atoms with Gasteiger partial charge in [0.2, 0.25) is 0 Å². The number of nitrogens with one attached hydrogen (secondary N) is 1. The molecule has 1 fully saturated rings. The Morgan fingerprint density at radius 2 is 1.71 bits per heavy atom. The van der Waals surface area contributed by atoms with Crippen LogP contribution in [-0.4, -0.2) is 26.0 Å². The van der Waals surface area contributed by atoms with E-state index >= 15 is 0 Å². The van der Waals surface area contributed by atoms with E-state index in [2.05, 4.69) is 41.7 Å².